The zero-order chi connectivity index (χ0) is 26.5. The van der Waals surface area contributed by atoms with E-state index in [4.69, 9.17) is 0 Å². The van der Waals surface area contributed by atoms with E-state index < -0.39 is 11.9 Å². The average Bonchev–Trinajstić information content (AvgIpc) is 2.88. The number of rotatable bonds is 8. The topological polar surface area (TPSA) is 95.5 Å². The third-order valence-electron chi connectivity index (χ3n) is 6.06. The SMILES string of the molecule is CCC(Sc1cccc(NC(=O)c2cccc3cccc(C(=O)O)c23)c1)C(=O)Nc1cc(C)ccc1C. The van der Waals surface area contributed by atoms with Crippen LogP contribution in [-0.4, -0.2) is 28.1 Å². The van der Waals surface area contributed by atoms with Crippen LogP contribution in [0.1, 0.15) is 45.2 Å². The first-order valence-corrected chi connectivity index (χ1v) is 12.9. The Balaban J connectivity index is 1.52. The van der Waals surface area contributed by atoms with Crippen molar-refractivity contribution >= 4 is 51.7 Å². The number of thioether (sulfide) groups is 1. The van der Waals surface area contributed by atoms with Crippen molar-refractivity contribution in [2.24, 2.45) is 0 Å². The second kappa shape index (κ2) is 11.3. The number of carbonyl (C=O) groups is 3. The van der Waals surface area contributed by atoms with Gasteiger partial charge in [0.15, 0.2) is 0 Å². The Bertz CT molecular complexity index is 1490. The van der Waals surface area contributed by atoms with Gasteiger partial charge in [0, 0.05) is 27.2 Å². The van der Waals surface area contributed by atoms with Gasteiger partial charge in [-0.3, -0.25) is 9.59 Å². The van der Waals surface area contributed by atoms with E-state index in [1.54, 1.807) is 36.4 Å². The maximum atomic E-state index is 13.2. The fourth-order valence-electron chi connectivity index (χ4n) is 4.12. The number of carbonyl (C=O) groups excluding carboxylic acids is 2. The van der Waals surface area contributed by atoms with Gasteiger partial charge in [-0.05, 0) is 73.2 Å². The standard InChI is InChI=1S/C30H28N2O4S/c1-4-26(29(34)32-25-16-18(2)14-15-19(25)3)37-22-11-7-10-21(17-22)31-28(33)23-12-5-8-20-9-6-13-24(27(20)23)30(35)36/h5-17,26H,4H2,1-3H3,(H,31,33)(H,32,34)(H,35,36). The van der Waals surface area contributed by atoms with Crippen molar-refractivity contribution in [2.75, 3.05) is 10.6 Å². The number of anilines is 2. The molecule has 0 aliphatic heterocycles. The monoisotopic (exact) mass is 512 g/mol. The second-order valence-electron chi connectivity index (χ2n) is 8.82. The van der Waals surface area contributed by atoms with Gasteiger partial charge in [-0.25, -0.2) is 4.79 Å². The van der Waals surface area contributed by atoms with Gasteiger partial charge in [0.1, 0.15) is 0 Å². The molecule has 0 radical (unpaired) electrons. The third-order valence-corrected chi connectivity index (χ3v) is 7.42. The molecule has 7 heteroatoms. The van der Waals surface area contributed by atoms with E-state index in [0.29, 0.717) is 22.9 Å². The number of aryl methyl sites for hydroxylation is 2. The molecule has 1 unspecified atom stereocenters. The van der Waals surface area contributed by atoms with E-state index in [1.165, 1.54) is 17.8 Å². The molecular formula is C30H28N2O4S. The maximum Gasteiger partial charge on any atom is 0.336 e. The highest BCUT2D eigenvalue weighted by atomic mass is 32.2. The molecule has 4 aromatic carbocycles. The number of benzene rings is 4. The number of aromatic carboxylic acids is 1. The number of carboxylic acids is 1. The average molecular weight is 513 g/mol. The number of nitrogens with one attached hydrogen (secondary N) is 2. The molecule has 2 amide bonds. The molecule has 188 valence electrons. The van der Waals surface area contributed by atoms with Crippen LogP contribution in [0.2, 0.25) is 0 Å². The van der Waals surface area contributed by atoms with E-state index in [9.17, 15) is 19.5 Å². The maximum absolute atomic E-state index is 13.2. The van der Waals surface area contributed by atoms with Crippen molar-refractivity contribution in [2.45, 2.75) is 37.3 Å². The Morgan fingerprint density at radius 2 is 1.57 bits per heavy atom. The molecule has 0 saturated heterocycles. The molecule has 4 aromatic rings. The molecule has 0 aromatic heterocycles. The van der Waals surface area contributed by atoms with E-state index in [0.717, 1.165) is 21.7 Å². The van der Waals surface area contributed by atoms with Gasteiger partial charge >= 0.3 is 5.97 Å². The molecule has 0 spiro atoms. The first kappa shape index (κ1) is 26.0. The minimum atomic E-state index is -1.09. The molecule has 0 saturated carbocycles. The summed E-state index contributed by atoms with van der Waals surface area (Å²) >= 11 is 1.43. The van der Waals surface area contributed by atoms with Crippen LogP contribution in [0.15, 0.2) is 83.8 Å². The lowest BCUT2D eigenvalue weighted by molar-refractivity contribution is -0.115. The summed E-state index contributed by atoms with van der Waals surface area (Å²) in [6.45, 7) is 5.92. The van der Waals surface area contributed by atoms with Gasteiger partial charge in [0.25, 0.3) is 5.91 Å². The number of amides is 2. The summed E-state index contributed by atoms with van der Waals surface area (Å²) in [5.74, 6) is -1.57. The molecule has 0 aliphatic carbocycles. The first-order valence-electron chi connectivity index (χ1n) is 12.0. The van der Waals surface area contributed by atoms with Gasteiger partial charge in [0.2, 0.25) is 5.91 Å². The number of hydrogen-bond donors (Lipinski definition) is 3. The molecule has 0 heterocycles. The van der Waals surface area contributed by atoms with E-state index >= 15 is 0 Å². The first-order chi connectivity index (χ1) is 17.8. The van der Waals surface area contributed by atoms with E-state index in [1.807, 2.05) is 57.2 Å². The van der Waals surface area contributed by atoms with Crippen LogP contribution in [0.25, 0.3) is 10.8 Å². The number of hydrogen-bond acceptors (Lipinski definition) is 4. The Morgan fingerprint density at radius 1 is 0.865 bits per heavy atom. The van der Waals surface area contributed by atoms with Gasteiger partial charge < -0.3 is 15.7 Å². The van der Waals surface area contributed by atoms with Crippen molar-refractivity contribution in [3.8, 4) is 0 Å². The fraction of sp³-hybridized carbons (Fsp3) is 0.167. The summed E-state index contributed by atoms with van der Waals surface area (Å²) in [5.41, 5.74) is 3.81. The largest absolute Gasteiger partial charge is 0.478 e. The van der Waals surface area contributed by atoms with E-state index in [-0.39, 0.29) is 22.3 Å². The summed E-state index contributed by atoms with van der Waals surface area (Å²) < 4.78 is 0. The molecule has 0 aliphatic rings. The highest BCUT2D eigenvalue weighted by Crippen LogP contribution is 2.30. The summed E-state index contributed by atoms with van der Waals surface area (Å²) in [6.07, 6.45) is 0.631. The molecule has 3 N–H and O–H groups in total. The Labute approximate surface area is 220 Å². The molecule has 0 fully saturated rings. The zero-order valence-corrected chi connectivity index (χ0v) is 21.7. The smallest absolute Gasteiger partial charge is 0.336 e. The minimum absolute atomic E-state index is 0.0763. The van der Waals surface area contributed by atoms with Crippen LogP contribution in [0.5, 0.6) is 0 Å². The van der Waals surface area contributed by atoms with Crippen LogP contribution in [0.3, 0.4) is 0 Å². The lowest BCUT2D eigenvalue weighted by Gasteiger charge is -2.17. The quantitative estimate of drug-likeness (QED) is 0.223. The van der Waals surface area contributed by atoms with Crippen LogP contribution in [0.4, 0.5) is 11.4 Å². The second-order valence-corrected chi connectivity index (χ2v) is 10.1. The summed E-state index contributed by atoms with van der Waals surface area (Å²) in [4.78, 5) is 38.8. The van der Waals surface area contributed by atoms with Gasteiger partial charge in [-0.15, -0.1) is 11.8 Å². The van der Waals surface area contributed by atoms with Crippen LogP contribution < -0.4 is 10.6 Å². The Kier molecular flexibility index (Phi) is 7.94. The number of carboxylic acid groups (broad SMARTS) is 1. The van der Waals surface area contributed by atoms with Crippen molar-refractivity contribution in [1.82, 2.24) is 0 Å². The lowest BCUT2D eigenvalue weighted by Crippen LogP contribution is -2.25. The van der Waals surface area contributed by atoms with Crippen molar-refractivity contribution in [3.63, 3.8) is 0 Å². The van der Waals surface area contributed by atoms with Crippen molar-refractivity contribution in [3.05, 3.63) is 101 Å². The van der Waals surface area contributed by atoms with Crippen LogP contribution in [-0.2, 0) is 4.79 Å². The number of fused-ring (bicyclic) bond motifs is 1. The van der Waals surface area contributed by atoms with Gasteiger partial charge in [-0.1, -0.05) is 49.4 Å². The summed E-state index contributed by atoms with van der Waals surface area (Å²) in [6, 6.07) is 23.3. The fourth-order valence-corrected chi connectivity index (χ4v) is 5.14. The highest BCUT2D eigenvalue weighted by molar-refractivity contribution is 8.00. The summed E-state index contributed by atoms with van der Waals surface area (Å²) in [5, 5.41) is 16.3. The van der Waals surface area contributed by atoms with Crippen molar-refractivity contribution < 1.29 is 19.5 Å². The zero-order valence-electron chi connectivity index (χ0n) is 20.9. The predicted molar refractivity (Wildman–Crippen MR) is 150 cm³/mol. The summed E-state index contributed by atoms with van der Waals surface area (Å²) in [7, 11) is 0. The highest BCUT2D eigenvalue weighted by Gasteiger charge is 2.20. The Hall–Kier alpha value is -4.10. The van der Waals surface area contributed by atoms with Gasteiger partial charge in [-0.2, -0.15) is 0 Å². The van der Waals surface area contributed by atoms with E-state index in [2.05, 4.69) is 10.6 Å². The minimum Gasteiger partial charge on any atom is -0.478 e. The predicted octanol–water partition coefficient (Wildman–Crippen LogP) is 6.92. The lowest BCUT2D eigenvalue weighted by atomic mass is 9.98. The third kappa shape index (κ3) is 6.01. The molecule has 6 nitrogen and oxygen atoms in total. The Morgan fingerprint density at radius 3 is 2.27 bits per heavy atom. The van der Waals surface area contributed by atoms with Crippen LogP contribution in [0, 0.1) is 13.8 Å². The normalized spacial score (nSPS) is 11.6. The molecule has 1 atom stereocenters. The van der Waals surface area contributed by atoms with Gasteiger partial charge in [0.05, 0.1) is 10.8 Å². The molecule has 0 bridgehead atoms. The molecular weight excluding hydrogens is 484 g/mol. The molecule has 37 heavy (non-hydrogen) atoms. The molecule has 4 rings (SSSR count). The van der Waals surface area contributed by atoms with Crippen molar-refractivity contribution in [1.29, 1.82) is 0 Å². The van der Waals surface area contributed by atoms with Crippen LogP contribution >= 0.6 is 11.8 Å².